The van der Waals surface area contributed by atoms with Gasteiger partial charge in [0.05, 0.1) is 47.6 Å². The summed E-state index contributed by atoms with van der Waals surface area (Å²) in [7, 11) is 4.05. The van der Waals surface area contributed by atoms with Gasteiger partial charge in [0.15, 0.2) is 0 Å². The molecular formula is C46H73N7O9S. The first kappa shape index (κ1) is 52.8. The number of carbonyl (C=O) groups excluding carboxylic acids is 5. The lowest BCUT2D eigenvalue weighted by Crippen LogP contribution is -2.59. The van der Waals surface area contributed by atoms with E-state index in [0.29, 0.717) is 37.1 Å². The third kappa shape index (κ3) is 14.0. The first-order valence-corrected chi connectivity index (χ1v) is 23.4. The van der Waals surface area contributed by atoms with E-state index >= 15 is 0 Å². The number of ether oxygens (including phenoxy) is 2. The number of amides is 5. The second-order valence-corrected chi connectivity index (χ2v) is 19.4. The summed E-state index contributed by atoms with van der Waals surface area (Å²) in [6.07, 6.45) is 0.315. The predicted molar refractivity (Wildman–Crippen MR) is 243 cm³/mol. The average Bonchev–Trinajstić information content (AvgIpc) is 3.71. The third-order valence-electron chi connectivity index (χ3n) is 12.3. The Kier molecular flexibility index (Phi) is 20.0. The summed E-state index contributed by atoms with van der Waals surface area (Å²) in [6, 6.07) is 10.7. The molecule has 1 aliphatic rings. The average molecular weight is 900 g/mol. The quantitative estimate of drug-likeness (QED) is 0.119. The summed E-state index contributed by atoms with van der Waals surface area (Å²) in [6.45, 7) is 13.8. The number of nitrogens with two attached hydrogens (primary N) is 1. The molecule has 1 saturated heterocycles. The van der Waals surface area contributed by atoms with E-state index in [0.717, 1.165) is 0 Å². The highest BCUT2D eigenvalue weighted by atomic mass is 32.2. The van der Waals surface area contributed by atoms with Crippen LogP contribution in [-0.4, -0.2) is 137 Å². The summed E-state index contributed by atoms with van der Waals surface area (Å²) >= 11 is 0. The topological polar surface area (TPSA) is 210 Å². The largest absolute Gasteiger partial charge is 0.399 e. The Labute approximate surface area is 375 Å². The number of rotatable bonds is 23. The Hall–Kier alpha value is -4.58. The number of methoxy groups -OCH3 is 2. The van der Waals surface area contributed by atoms with E-state index in [-0.39, 0.29) is 53.2 Å². The Balaban J connectivity index is 1.83. The summed E-state index contributed by atoms with van der Waals surface area (Å²) in [5.41, 5.74) is 6.77. The molecule has 0 aromatic heterocycles. The van der Waals surface area contributed by atoms with Crippen molar-refractivity contribution < 1.29 is 41.9 Å². The van der Waals surface area contributed by atoms with Crippen molar-refractivity contribution in [2.75, 3.05) is 47.6 Å². The van der Waals surface area contributed by atoms with Crippen LogP contribution < -0.4 is 21.1 Å². The molecule has 1 heterocycles. The number of likely N-dealkylation sites (N-methyl/N-ethyl adjacent to an activating group) is 2. The highest BCUT2D eigenvalue weighted by molar-refractivity contribution is 7.90. The van der Waals surface area contributed by atoms with Crippen LogP contribution in [0.5, 0.6) is 0 Å². The van der Waals surface area contributed by atoms with E-state index < -0.39 is 70.2 Å². The monoisotopic (exact) mass is 900 g/mol. The smallest absolute Gasteiger partial charge is 0.264 e. The van der Waals surface area contributed by atoms with Gasteiger partial charge in [-0.05, 0) is 74.5 Å². The number of likely N-dealkylation sites (tertiary alicyclic amines) is 1. The fourth-order valence-corrected chi connectivity index (χ4v) is 9.70. The molecule has 1 aliphatic heterocycles. The van der Waals surface area contributed by atoms with Gasteiger partial charge >= 0.3 is 0 Å². The van der Waals surface area contributed by atoms with Crippen molar-refractivity contribution in [3.05, 3.63) is 60.2 Å². The van der Waals surface area contributed by atoms with E-state index in [1.54, 1.807) is 54.1 Å². The van der Waals surface area contributed by atoms with Gasteiger partial charge in [-0.25, -0.2) is 13.1 Å². The zero-order chi connectivity index (χ0) is 47.3. The van der Waals surface area contributed by atoms with Gasteiger partial charge in [-0.2, -0.15) is 0 Å². The minimum absolute atomic E-state index is 0.000380. The fraction of sp³-hybridized carbons (Fsp3) is 0.630. The van der Waals surface area contributed by atoms with Crippen molar-refractivity contribution >= 4 is 45.2 Å². The zero-order valence-corrected chi connectivity index (χ0v) is 40.1. The highest BCUT2D eigenvalue weighted by Crippen LogP contribution is 2.30. The van der Waals surface area contributed by atoms with Crippen LogP contribution in [0.15, 0.2) is 59.5 Å². The molecule has 0 saturated carbocycles. The molecule has 0 spiro atoms. The van der Waals surface area contributed by atoms with Crippen LogP contribution in [0.3, 0.4) is 0 Å². The van der Waals surface area contributed by atoms with Gasteiger partial charge in [0.2, 0.25) is 23.6 Å². The van der Waals surface area contributed by atoms with Crippen molar-refractivity contribution in [2.45, 2.75) is 128 Å². The van der Waals surface area contributed by atoms with Crippen molar-refractivity contribution in [3.63, 3.8) is 0 Å². The molecule has 352 valence electrons. The van der Waals surface area contributed by atoms with Gasteiger partial charge in [-0.15, -0.1) is 0 Å². The molecule has 16 nitrogen and oxygen atoms in total. The van der Waals surface area contributed by atoms with E-state index in [9.17, 15) is 32.4 Å². The Morgan fingerprint density at radius 2 is 1.46 bits per heavy atom. The lowest BCUT2D eigenvalue weighted by molar-refractivity contribution is -0.148. The normalized spacial score (nSPS) is 18.2. The number of hydrogen-bond donors (Lipinski definition) is 4. The van der Waals surface area contributed by atoms with Crippen LogP contribution in [0.1, 0.15) is 79.7 Å². The van der Waals surface area contributed by atoms with E-state index in [2.05, 4.69) is 15.4 Å². The molecule has 0 bridgehead atoms. The van der Waals surface area contributed by atoms with Gasteiger partial charge < -0.3 is 35.6 Å². The standard InChI is InChI=1S/C46H73N7O9S/c1-13-30(6)41(52(10)46(58)39(28(2)3)49-45(57)40(29(4)5)51(8)9)37(61-11)27-38(54)53-25-17-20-36(53)42(62-12)31(7)43(55)48-35(26-32-18-15-14-16-19-32)44(56)50-63(59,60)34-23-21-33(47)22-24-34/h14-16,18-19,21-24,28-31,35-37,39-42H,13,17,20,25-27,47H2,1-12H3,(H,48,55)(H,49,57)(H,50,56)/t30-,31+,35-,36-,37+,39-,40-,41-,42+/m0/s1. The predicted octanol–water partition coefficient (Wildman–Crippen LogP) is 3.45. The van der Waals surface area contributed by atoms with Crippen LogP contribution in [0, 0.1) is 23.7 Å². The maximum absolute atomic E-state index is 14.4. The highest BCUT2D eigenvalue weighted by Gasteiger charge is 2.43. The molecule has 2 aromatic rings. The molecular weight excluding hydrogens is 827 g/mol. The number of nitrogens with zero attached hydrogens (tertiary/aromatic N) is 3. The van der Waals surface area contributed by atoms with Gasteiger partial charge in [-0.1, -0.05) is 85.2 Å². The molecule has 63 heavy (non-hydrogen) atoms. The first-order valence-electron chi connectivity index (χ1n) is 21.9. The molecule has 0 aliphatic carbocycles. The van der Waals surface area contributed by atoms with Gasteiger partial charge in [-0.3, -0.25) is 28.9 Å². The molecule has 3 rings (SSSR count). The fourth-order valence-electron chi connectivity index (χ4n) is 8.68. The number of anilines is 1. The third-order valence-corrected chi connectivity index (χ3v) is 13.6. The zero-order valence-electron chi connectivity index (χ0n) is 39.3. The minimum atomic E-state index is -4.30. The molecule has 2 aromatic carbocycles. The summed E-state index contributed by atoms with van der Waals surface area (Å²) in [4.78, 5) is 74.9. The number of carbonyl (C=O) groups is 5. The van der Waals surface area contributed by atoms with Crippen molar-refractivity contribution in [3.8, 4) is 0 Å². The van der Waals surface area contributed by atoms with Crippen molar-refractivity contribution in [1.82, 2.24) is 30.1 Å². The Bertz CT molecular complexity index is 1920. The van der Waals surface area contributed by atoms with Gasteiger partial charge in [0.1, 0.15) is 12.1 Å². The maximum atomic E-state index is 14.4. The van der Waals surface area contributed by atoms with Crippen LogP contribution in [0.2, 0.25) is 0 Å². The second kappa shape index (κ2) is 23.9. The summed E-state index contributed by atoms with van der Waals surface area (Å²) in [5, 5.41) is 5.79. The Morgan fingerprint density at radius 3 is 1.98 bits per heavy atom. The van der Waals surface area contributed by atoms with Crippen molar-refractivity contribution in [1.29, 1.82) is 0 Å². The maximum Gasteiger partial charge on any atom is 0.264 e. The number of benzene rings is 2. The van der Waals surface area contributed by atoms with E-state index in [1.807, 2.05) is 60.5 Å². The van der Waals surface area contributed by atoms with Gasteiger partial charge in [0, 0.05) is 39.9 Å². The number of hydrogen-bond acceptors (Lipinski definition) is 11. The van der Waals surface area contributed by atoms with Gasteiger partial charge in [0.25, 0.3) is 15.9 Å². The number of nitrogens with one attached hydrogen (secondary N) is 3. The minimum Gasteiger partial charge on any atom is -0.399 e. The molecule has 5 N–H and O–H groups in total. The molecule has 17 heteroatoms. The lowest BCUT2D eigenvalue weighted by Gasteiger charge is -2.41. The lowest BCUT2D eigenvalue weighted by atomic mass is 9.89. The number of sulfonamides is 1. The first-order chi connectivity index (χ1) is 29.6. The Morgan fingerprint density at radius 1 is 0.841 bits per heavy atom. The van der Waals surface area contributed by atoms with Crippen LogP contribution in [-0.2, 0) is 49.9 Å². The van der Waals surface area contributed by atoms with Crippen molar-refractivity contribution in [2.24, 2.45) is 23.7 Å². The van der Waals surface area contributed by atoms with E-state index in [4.69, 9.17) is 15.2 Å². The van der Waals surface area contributed by atoms with Crippen LogP contribution in [0.25, 0.3) is 0 Å². The van der Waals surface area contributed by atoms with Crippen LogP contribution >= 0.6 is 0 Å². The summed E-state index contributed by atoms with van der Waals surface area (Å²) < 4.78 is 40.5. The van der Waals surface area contributed by atoms with Crippen LogP contribution in [0.4, 0.5) is 5.69 Å². The molecule has 1 fully saturated rings. The molecule has 9 atom stereocenters. The van der Waals surface area contributed by atoms with E-state index in [1.165, 1.54) is 38.5 Å². The molecule has 5 amide bonds. The SMILES string of the molecule is CC[C@H](C)[C@@H]([C@@H](CC(=O)N1CCC[C@H]1[C@H](OC)[C@@H](C)C(=O)N[C@@H](Cc1ccccc1)C(=O)NS(=O)(=O)c1ccc(N)cc1)OC)N(C)C(=O)[C@@H](NC(=O)[C@H](C(C)C)N(C)C)C(C)C. The molecule has 0 radical (unpaired) electrons. The molecule has 0 unspecified atom stereocenters. The summed E-state index contributed by atoms with van der Waals surface area (Å²) in [5.74, 6) is -3.41. The second-order valence-electron chi connectivity index (χ2n) is 17.8. The number of nitrogen functional groups attached to an aromatic ring is 1.